The minimum Gasteiger partial charge on any atom is -0.462 e. The van der Waals surface area contributed by atoms with Crippen LogP contribution >= 0.6 is 23.2 Å². The number of rotatable bonds is 4. The number of hydrogen-bond donors (Lipinski definition) is 1. The van der Waals surface area contributed by atoms with E-state index in [1.165, 1.54) is 12.3 Å². The quantitative estimate of drug-likeness (QED) is 0.861. The van der Waals surface area contributed by atoms with Crippen LogP contribution in [0.5, 0.6) is 11.6 Å². The van der Waals surface area contributed by atoms with Crippen molar-refractivity contribution < 1.29 is 14.3 Å². The number of aromatic nitrogens is 1. The van der Waals surface area contributed by atoms with Crippen molar-refractivity contribution in [3.05, 3.63) is 46.1 Å². The number of benzene rings is 1. The van der Waals surface area contributed by atoms with Crippen LogP contribution in [0.4, 0.5) is 5.69 Å². The zero-order valence-electron chi connectivity index (χ0n) is 11.1. The molecule has 0 amide bonds. The molecule has 0 saturated carbocycles. The Kier molecular flexibility index (Phi) is 4.88. The number of halogens is 2. The molecule has 1 aromatic carbocycles. The Balaban J connectivity index is 2.32. The molecular weight excluding hydrogens is 315 g/mol. The van der Waals surface area contributed by atoms with Crippen LogP contribution in [0.1, 0.15) is 17.3 Å². The third-order valence-corrected chi connectivity index (χ3v) is 2.94. The molecule has 21 heavy (non-hydrogen) atoms. The molecule has 2 rings (SSSR count). The van der Waals surface area contributed by atoms with Crippen molar-refractivity contribution in [2.75, 3.05) is 12.3 Å². The highest BCUT2D eigenvalue weighted by molar-refractivity contribution is 6.34. The molecule has 1 aromatic heterocycles. The summed E-state index contributed by atoms with van der Waals surface area (Å²) in [5.74, 6) is -0.0852. The zero-order chi connectivity index (χ0) is 15.4. The predicted octanol–water partition coefficient (Wildman–Crippen LogP) is 3.94. The Bertz CT molecular complexity index is 657. The van der Waals surface area contributed by atoms with Gasteiger partial charge < -0.3 is 15.2 Å². The molecule has 0 saturated heterocycles. The van der Waals surface area contributed by atoms with Gasteiger partial charge >= 0.3 is 5.97 Å². The van der Waals surface area contributed by atoms with E-state index in [-0.39, 0.29) is 23.7 Å². The first-order valence-corrected chi connectivity index (χ1v) is 6.82. The van der Waals surface area contributed by atoms with Crippen molar-refractivity contribution in [1.29, 1.82) is 0 Å². The van der Waals surface area contributed by atoms with Gasteiger partial charge in [0.15, 0.2) is 0 Å². The van der Waals surface area contributed by atoms with E-state index in [1.54, 1.807) is 25.1 Å². The second-order valence-corrected chi connectivity index (χ2v) is 4.88. The number of carbonyl (C=O) groups is 1. The van der Waals surface area contributed by atoms with Crippen molar-refractivity contribution in [1.82, 2.24) is 4.98 Å². The van der Waals surface area contributed by atoms with Crippen LogP contribution < -0.4 is 10.5 Å². The van der Waals surface area contributed by atoms with E-state index in [2.05, 4.69) is 4.98 Å². The fourth-order valence-corrected chi connectivity index (χ4v) is 2.13. The standard InChI is InChI=1S/C14H12Cl2N2O3/c1-2-20-14(19)11-3-4-18-13(12(11)17)21-10-6-8(15)5-9(16)7-10/h3-7H,2,17H2,1H3. The molecule has 0 aliphatic carbocycles. The normalized spacial score (nSPS) is 10.2. The van der Waals surface area contributed by atoms with Gasteiger partial charge in [-0.1, -0.05) is 23.2 Å². The largest absolute Gasteiger partial charge is 0.462 e. The van der Waals surface area contributed by atoms with Crippen LogP contribution in [0.15, 0.2) is 30.5 Å². The van der Waals surface area contributed by atoms with Gasteiger partial charge in [-0.25, -0.2) is 9.78 Å². The first-order valence-electron chi connectivity index (χ1n) is 6.06. The molecule has 0 spiro atoms. The molecule has 0 aliphatic rings. The number of nitrogen functional groups attached to an aromatic ring is 1. The highest BCUT2D eigenvalue weighted by Crippen LogP contribution is 2.31. The third-order valence-electron chi connectivity index (χ3n) is 2.50. The molecule has 0 bridgehead atoms. The smallest absolute Gasteiger partial charge is 0.340 e. The van der Waals surface area contributed by atoms with Crippen molar-refractivity contribution >= 4 is 34.9 Å². The van der Waals surface area contributed by atoms with Crippen molar-refractivity contribution in [3.63, 3.8) is 0 Å². The summed E-state index contributed by atoms with van der Waals surface area (Å²) in [5.41, 5.74) is 6.16. The Hall–Kier alpha value is -1.98. The first kappa shape index (κ1) is 15.4. The Labute approximate surface area is 131 Å². The van der Waals surface area contributed by atoms with Crippen LogP contribution in [-0.2, 0) is 4.74 Å². The van der Waals surface area contributed by atoms with Gasteiger partial charge in [0, 0.05) is 16.2 Å². The second-order valence-electron chi connectivity index (χ2n) is 4.01. The summed E-state index contributed by atoms with van der Waals surface area (Å²) in [6.45, 7) is 1.96. The number of hydrogen-bond acceptors (Lipinski definition) is 5. The van der Waals surface area contributed by atoms with Crippen molar-refractivity contribution in [3.8, 4) is 11.6 Å². The average Bonchev–Trinajstić information content (AvgIpc) is 2.40. The zero-order valence-corrected chi connectivity index (χ0v) is 12.6. The summed E-state index contributed by atoms with van der Waals surface area (Å²) in [7, 11) is 0. The molecule has 2 N–H and O–H groups in total. The minimum atomic E-state index is -0.536. The van der Waals surface area contributed by atoms with Crippen molar-refractivity contribution in [2.24, 2.45) is 0 Å². The molecule has 110 valence electrons. The number of pyridine rings is 1. The highest BCUT2D eigenvalue weighted by Gasteiger charge is 2.16. The monoisotopic (exact) mass is 326 g/mol. The lowest BCUT2D eigenvalue weighted by atomic mass is 10.2. The van der Waals surface area contributed by atoms with E-state index in [0.717, 1.165) is 0 Å². The maximum absolute atomic E-state index is 11.8. The summed E-state index contributed by atoms with van der Waals surface area (Å²) in [6.07, 6.45) is 1.41. The number of esters is 1. The number of nitrogens with zero attached hydrogens (tertiary/aromatic N) is 1. The minimum absolute atomic E-state index is 0.0823. The SMILES string of the molecule is CCOC(=O)c1ccnc(Oc2cc(Cl)cc(Cl)c2)c1N. The van der Waals surface area contributed by atoms with E-state index in [4.69, 9.17) is 38.4 Å². The predicted molar refractivity (Wildman–Crippen MR) is 81.1 cm³/mol. The van der Waals surface area contributed by atoms with Crippen molar-refractivity contribution in [2.45, 2.75) is 6.92 Å². The van der Waals surface area contributed by atoms with Gasteiger partial charge in [0.2, 0.25) is 5.88 Å². The lowest BCUT2D eigenvalue weighted by Crippen LogP contribution is -2.09. The molecule has 0 fully saturated rings. The van der Waals surface area contributed by atoms with E-state index in [1.807, 2.05) is 0 Å². The fourth-order valence-electron chi connectivity index (χ4n) is 1.62. The second kappa shape index (κ2) is 6.65. The molecule has 7 heteroatoms. The first-order chi connectivity index (χ1) is 10.0. The van der Waals surface area contributed by atoms with Crippen LogP contribution in [0, 0.1) is 0 Å². The molecular formula is C14H12Cl2N2O3. The topological polar surface area (TPSA) is 74.4 Å². The molecule has 2 aromatic rings. The number of carbonyl (C=O) groups excluding carboxylic acids is 1. The maximum Gasteiger partial charge on any atom is 0.340 e. The Morgan fingerprint density at radius 3 is 2.57 bits per heavy atom. The van der Waals surface area contributed by atoms with E-state index in [0.29, 0.717) is 15.8 Å². The summed E-state index contributed by atoms with van der Waals surface area (Å²) in [6, 6.07) is 6.16. The Morgan fingerprint density at radius 1 is 1.29 bits per heavy atom. The van der Waals surface area contributed by atoms with Gasteiger partial charge in [0.05, 0.1) is 12.2 Å². The summed E-state index contributed by atoms with van der Waals surface area (Å²) in [5, 5.41) is 0.829. The van der Waals surface area contributed by atoms with Gasteiger partial charge in [-0.3, -0.25) is 0 Å². The van der Waals surface area contributed by atoms with Crippen LogP contribution in [0.3, 0.4) is 0 Å². The Morgan fingerprint density at radius 2 is 1.95 bits per heavy atom. The van der Waals surface area contributed by atoms with Crippen LogP contribution in [-0.4, -0.2) is 17.6 Å². The van der Waals surface area contributed by atoms with Gasteiger partial charge in [-0.05, 0) is 31.2 Å². The molecule has 5 nitrogen and oxygen atoms in total. The fraction of sp³-hybridized carbons (Fsp3) is 0.143. The molecule has 0 unspecified atom stereocenters. The number of anilines is 1. The molecule has 0 radical (unpaired) electrons. The van der Waals surface area contributed by atoms with Gasteiger partial charge in [-0.15, -0.1) is 0 Å². The maximum atomic E-state index is 11.8. The van der Waals surface area contributed by atoms with Gasteiger partial charge in [0.1, 0.15) is 11.4 Å². The number of nitrogens with two attached hydrogens (primary N) is 1. The molecule has 1 heterocycles. The lowest BCUT2D eigenvalue weighted by Gasteiger charge is -2.10. The number of ether oxygens (including phenoxy) is 2. The molecule has 0 atom stereocenters. The van der Waals surface area contributed by atoms with Crippen LogP contribution in [0.2, 0.25) is 10.0 Å². The average molecular weight is 327 g/mol. The van der Waals surface area contributed by atoms with Gasteiger partial charge in [0.25, 0.3) is 0 Å². The summed E-state index contributed by atoms with van der Waals surface area (Å²) >= 11 is 11.8. The highest BCUT2D eigenvalue weighted by atomic mass is 35.5. The summed E-state index contributed by atoms with van der Waals surface area (Å²) in [4.78, 5) is 15.7. The van der Waals surface area contributed by atoms with Crippen LogP contribution in [0.25, 0.3) is 0 Å². The van der Waals surface area contributed by atoms with E-state index < -0.39 is 5.97 Å². The van der Waals surface area contributed by atoms with Gasteiger partial charge in [-0.2, -0.15) is 0 Å². The summed E-state index contributed by atoms with van der Waals surface area (Å²) < 4.78 is 10.4. The molecule has 0 aliphatic heterocycles. The van der Waals surface area contributed by atoms with E-state index in [9.17, 15) is 4.79 Å². The van der Waals surface area contributed by atoms with E-state index >= 15 is 0 Å². The lowest BCUT2D eigenvalue weighted by molar-refractivity contribution is 0.0527. The third kappa shape index (κ3) is 3.77.